The predicted molar refractivity (Wildman–Crippen MR) is 130 cm³/mol. The van der Waals surface area contributed by atoms with Crippen LogP contribution in [0.5, 0.6) is 0 Å². The minimum atomic E-state index is -0.345. The van der Waals surface area contributed by atoms with Crippen molar-refractivity contribution in [1.82, 2.24) is 5.32 Å². The summed E-state index contributed by atoms with van der Waals surface area (Å²) in [6.07, 6.45) is 7.98. The molecule has 3 rings (SSSR count). The van der Waals surface area contributed by atoms with E-state index in [1.54, 1.807) is 19.1 Å². The van der Waals surface area contributed by atoms with Crippen LogP contribution >= 0.6 is 0 Å². The summed E-state index contributed by atoms with van der Waals surface area (Å²) in [5.74, 6) is -0.410. The van der Waals surface area contributed by atoms with Crippen LogP contribution in [-0.4, -0.2) is 31.6 Å². The highest BCUT2D eigenvalue weighted by atomic mass is 16.5. The van der Waals surface area contributed by atoms with Gasteiger partial charge in [0.15, 0.2) is 0 Å². The Labute approximate surface area is 191 Å². The van der Waals surface area contributed by atoms with Crippen molar-refractivity contribution in [1.29, 1.82) is 0 Å². The fraction of sp³-hybridized carbons (Fsp3) is 0.407. The standard InChI is InChI=1S/C27H34N2O3/c1-3-5-12-24(23-11-7-8-13-25(23)29-18-9-6-10-19-29)28-26(30)20-21-14-16-22(17-15-21)27(31)32-4-2/h7-8,11-17H,3-6,9-10,18-20H2,1-2H3,(H,28,30)/b24-12+. The largest absolute Gasteiger partial charge is 0.462 e. The number of allylic oxidation sites excluding steroid dienone is 1. The van der Waals surface area contributed by atoms with Crippen LogP contribution in [0.2, 0.25) is 0 Å². The molecule has 32 heavy (non-hydrogen) atoms. The summed E-state index contributed by atoms with van der Waals surface area (Å²) in [6.45, 7) is 6.37. The Morgan fingerprint density at radius 1 is 1.00 bits per heavy atom. The van der Waals surface area contributed by atoms with E-state index in [9.17, 15) is 9.59 Å². The molecule has 1 N–H and O–H groups in total. The first-order chi connectivity index (χ1) is 15.6. The maximum Gasteiger partial charge on any atom is 0.338 e. The highest BCUT2D eigenvalue weighted by Crippen LogP contribution is 2.29. The first-order valence-electron chi connectivity index (χ1n) is 11.7. The van der Waals surface area contributed by atoms with E-state index in [2.05, 4.69) is 41.4 Å². The number of hydrogen-bond acceptors (Lipinski definition) is 4. The predicted octanol–water partition coefficient (Wildman–Crippen LogP) is 5.35. The quantitative estimate of drug-likeness (QED) is 0.540. The number of amides is 1. The molecule has 2 aromatic carbocycles. The van der Waals surface area contributed by atoms with E-state index >= 15 is 0 Å². The Balaban J connectivity index is 1.74. The number of nitrogens with zero attached hydrogens (tertiary/aromatic N) is 1. The summed E-state index contributed by atoms with van der Waals surface area (Å²) >= 11 is 0. The molecule has 170 valence electrons. The van der Waals surface area contributed by atoms with Gasteiger partial charge in [-0.1, -0.05) is 49.8 Å². The zero-order valence-electron chi connectivity index (χ0n) is 19.2. The Morgan fingerprint density at radius 3 is 2.41 bits per heavy atom. The maximum absolute atomic E-state index is 12.9. The number of nitrogens with one attached hydrogen (secondary N) is 1. The van der Waals surface area contributed by atoms with Gasteiger partial charge in [-0.15, -0.1) is 0 Å². The molecule has 0 unspecified atom stereocenters. The van der Waals surface area contributed by atoms with E-state index in [1.165, 1.54) is 24.9 Å². The van der Waals surface area contributed by atoms with Crippen molar-refractivity contribution >= 4 is 23.3 Å². The zero-order chi connectivity index (χ0) is 22.8. The van der Waals surface area contributed by atoms with Crippen molar-refractivity contribution in [3.63, 3.8) is 0 Å². The van der Waals surface area contributed by atoms with Crippen molar-refractivity contribution in [3.05, 3.63) is 71.3 Å². The lowest BCUT2D eigenvalue weighted by Gasteiger charge is -2.31. The molecule has 0 atom stereocenters. The fourth-order valence-corrected chi connectivity index (χ4v) is 3.98. The average Bonchev–Trinajstić information content (AvgIpc) is 2.83. The van der Waals surface area contributed by atoms with Crippen molar-refractivity contribution in [3.8, 4) is 0 Å². The molecular formula is C27H34N2O3. The van der Waals surface area contributed by atoms with Gasteiger partial charge in [-0.05, 0) is 56.4 Å². The summed E-state index contributed by atoms with van der Waals surface area (Å²) in [5, 5.41) is 3.16. The molecule has 0 aliphatic carbocycles. The molecule has 0 saturated carbocycles. The van der Waals surface area contributed by atoms with Crippen LogP contribution in [0, 0.1) is 0 Å². The number of ether oxygens (including phenoxy) is 1. The van der Waals surface area contributed by atoms with Gasteiger partial charge in [0.2, 0.25) is 5.91 Å². The van der Waals surface area contributed by atoms with Gasteiger partial charge in [0, 0.05) is 30.0 Å². The van der Waals surface area contributed by atoms with Crippen LogP contribution in [0.15, 0.2) is 54.6 Å². The normalized spacial score (nSPS) is 14.2. The van der Waals surface area contributed by atoms with Crippen LogP contribution in [0.3, 0.4) is 0 Å². The lowest BCUT2D eigenvalue weighted by Crippen LogP contribution is -2.31. The summed E-state index contributed by atoms with van der Waals surface area (Å²) in [6, 6.07) is 15.4. The van der Waals surface area contributed by atoms with E-state index in [0.717, 1.165) is 42.8 Å². The third-order valence-corrected chi connectivity index (χ3v) is 5.63. The van der Waals surface area contributed by atoms with Gasteiger partial charge >= 0.3 is 5.97 Å². The molecule has 1 saturated heterocycles. The topological polar surface area (TPSA) is 58.6 Å². The van der Waals surface area contributed by atoms with Gasteiger partial charge in [0.1, 0.15) is 0 Å². The SMILES string of the molecule is CCC/C=C(/NC(=O)Cc1ccc(C(=O)OCC)cc1)c1ccccc1N1CCCCC1. The van der Waals surface area contributed by atoms with Crippen LogP contribution in [-0.2, 0) is 16.0 Å². The monoisotopic (exact) mass is 434 g/mol. The van der Waals surface area contributed by atoms with Crippen LogP contribution in [0.25, 0.3) is 5.70 Å². The van der Waals surface area contributed by atoms with Gasteiger partial charge in [-0.3, -0.25) is 4.79 Å². The minimum Gasteiger partial charge on any atom is -0.462 e. The molecule has 0 aromatic heterocycles. The molecule has 1 aliphatic heterocycles. The summed E-state index contributed by atoms with van der Waals surface area (Å²) < 4.78 is 5.02. The summed E-state index contributed by atoms with van der Waals surface area (Å²) in [7, 11) is 0. The lowest BCUT2D eigenvalue weighted by atomic mass is 10.0. The van der Waals surface area contributed by atoms with Crippen LogP contribution < -0.4 is 10.2 Å². The number of carbonyl (C=O) groups is 2. The van der Waals surface area contributed by atoms with Crippen molar-refractivity contribution in [2.24, 2.45) is 0 Å². The summed E-state index contributed by atoms with van der Waals surface area (Å²) in [5.41, 5.74) is 4.49. The molecule has 1 aliphatic rings. The Kier molecular flexibility index (Phi) is 8.90. The van der Waals surface area contributed by atoms with Crippen molar-refractivity contribution < 1.29 is 14.3 Å². The summed E-state index contributed by atoms with van der Waals surface area (Å²) in [4.78, 5) is 27.2. The molecule has 5 heteroatoms. The third kappa shape index (κ3) is 6.46. The van der Waals surface area contributed by atoms with Crippen LogP contribution in [0.4, 0.5) is 5.69 Å². The second kappa shape index (κ2) is 12.1. The number of hydrogen-bond donors (Lipinski definition) is 1. The van der Waals surface area contributed by atoms with Crippen LogP contribution in [0.1, 0.15) is 67.4 Å². The Morgan fingerprint density at radius 2 is 1.72 bits per heavy atom. The third-order valence-electron chi connectivity index (χ3n) is 5.63. The fourth-order valence-electron chi connectivity index (χ4n) is 3.98. The smallest absolute Gasteiger partial charge is 0.338 e. The molecule has 1 fully saturated rings. The number of benzene rings is 2. The first kappa shape index (κ1) is 23.6. The number of esters is 1. The van der Waals surface area contributed by atoms with Gasteiger partial charge < -0.3 is 15.0 Å². The van der Waals surface area contributed by atoms with E-state index < -0.39 is 0 Å². The second-order valence-electron chi connectivity index (χ2n) is 8.11. The zero-order valence-corrected chi connectivity index (χ0v) is 19.2. The van der Waals surface area contributed by atoms with Crippen molar-refractivity contribution in [2.75, 3.05) is 24.6 Å². The van der Waals surface area contributed by atoms with E-state index in [-0.39, 0.29) is 18.3 Å². The lowest BCUT2D eigenvalue weighted by molar-refractivity contribution is -0.119. The molecule has 0 radical (unpaired) electrons. The van der Waals surface area contributed by atoms with E-state index in [1.807, 2.05) is 18.2 Å². The molecule has 5 nitrogen and oxygen atoms in total. The molecule has 2 aromatic rings. The molecular weight excluding hydrogens is 400 g/mol. The minimum absolute atomic E-state index is 0.0651. The number of rotatable bonds is 9. The highest BCUT2D eigenvalue weighted by Gasteiger charge is 2.17. The molecule has 0 bridgehead atoms. The average molecular weight is 435 g/mol. The van der Waals surface area contributed by atoms with Crippen molar-refractivity contribution in [2.45, 2.75) is 52.4 Å². The number of piperidine rings is 1. The molecule has 0 spiro atoms. The number of carbonyl (C=O) groups excluding carboxylic acids is 2. The van der Waals surface area contributed by atoms with E-state index in [0.29, 0.717) is 12.2 Å². The van der Waals surface area contributed by atoms with Gasteiger partial charge in [0.25, 0.3) is 0 Å². The highest BCUT2D eigenvalue weighted by molar-refractivity contribution is 5.91. The Hall–Kier alpha value is -3.08. The number of para-hydroxylation sites is 1. The number of unbranched alkanes of at least 4 members (excludes halogenated alkanes) is 1. The molecule has 1 amide bonds. The Bertz CT molecular complexity index is 928. The molecule has 1 heterocycles. The van der Waals surface area contributed by atoms with Gasteiger partial charge in [-0.25, -0.2) is 4.79 Å². The second-order valence-corrected chi connectivity index (χ2v) is 8.11. The van der Waals surface area contributed by atoms with Gasteiger partial charge in [0.05, 0.1) is 18.6 Å². The number of anilines is 1. The first-order valence-corrected chi connectivity index (χ1v) is 11.7. The van der Waals surface area contributed by atoms with Gasteiger partial charge in [-0.2, -0.15) is 0 Å². The maximum atomic E-state index is 12.9. The van der Waals surface area contributed by atoms with E-state index in [4.69, 9.17) is 4.74 Å².